The Bertz CT molecular complexity index is 987. The molecule has 0 spiro atoms. The molecule has 5 nitrogen and oxygen atoms in total. The van der Waals surface area contributed by atoms with Gasteiger partial charge in [-0.3, -0.25) is 9.59 Å². The van der Waals surface area contributed by atoms with Crippen molar-refractivity contribution in [3.8, 4) is 11.5 Å². The summed E-state index contributed by atoms with van der Waals surface area (Å²) in [5.41, 5.74) is 0.919. The Balaban J connectivity index is 2.18. The molecule has 0 aliphatic rings. The lowest BCUT2D eigenvalue weighted by molar-refractivity contribution is -0.192. The maximum atomic E-state index is 14.1. The van der Waals surface area contributed by atoms with Gasteiger partial charge < -0.3 is 14.2 Å². The standard InChI is InChI=1S/C24H25Cl3F2O5/c1-4-32-21(31)14-20(30)24(28,29)34-17-8-6-15(7-9-17)23(2,3)16-12-18(26)22(19(27)13-16)33-11-5-10-25/h6-9,12-13H,4-5,10-11,14H2,1-3H3. The van der Waals surface area contributed by atoms with Crippen molar-refractivity contribution in [2.45, 2.75) is 45.1 Å². The summed E-state index contributed by atoms with van der Waals surface area (Å²) in [5.74, 6) is -2.15. The number of esters is 1. The molecular formula is C24H25Cl3F2O5. The van der Waals surface area contributed by atoms with Crippen LogP contribution >= 0.6 is 34.8 Å². The van der Waals surface area contributed by atoms with E-state index < -0.39 is 29.7 Å². The van der Waals surface area contributed by atoms with E-state index in [0.29, 0.717) is 34.7 Å². The van der Waals surface area contributed by atoms with Crippen molar-refractivity contribution in [3.63, 3.8) is 0 Å². The van der Waals surface area contributed by atoms with E-state index in [-0.39, 0.29) is 12.4 Å². The molecule has 2 aromatic carbocycles. The van der Waals surface area contributed by atoms with Crippen LogP contribution < -0.4 is 9.47 Å². The fourth-order valence-electron chi connectivity index (χ4n) is 3.04. The molecule has 0 unspecified atom stereocenters. The molecule has 2 aromatic rings. The third-order valence-electron chi connectivity index (χ3n) is 5.00. The van der Waals surface area contributed by atoms with Crippen molar-refractivity contribution in [1.82, 2.24) is 0 Å². The molecule has 0 aliphatic carbocycles. The van der Waals surface area contributed by atoms with Crippen LogP contribution in [-0.2, 0) is 19.7 Å². The van der Waals surface area contributed by atoms with Crippen molar-refractivity contribution in [2.24, 2.45) is 0 Å². The maximum absolute atomic E-state index is 14.1. The highest BCUT2D eigenvalue weighted by Crippen LogP contribution is 2.41. The highest BCUT2D eigenvalue weighted by atomic mass is 35.5. The normalized spacial score (nSPS) is 11.8. The fraction of sp³-hybridized carbons (Fsp3) is 0.417. The van der Waals surface area contributed by atoms with E-state index in [1.165, 1.54) is 19.1 Å². The molecule has 0 saturated heterocycles. The van der Waals surface area contributed by atoms with Crippen LogP contribution in [0.25, 0.3) is 0 Å². The van der Waals surface area contributed by atoms with Crippen LogP contribution in [0, 0.1) is 0 Å². The number of carbonyl (C=O) groups excluding carboxylic acids is 2. The predicted molar refractivity (Wildman–Crippen MR) is 128 cm³/mol. The zero-order valence-electron chi connectivity index (χ0n) is 18.9. The highest BCUT2D eigenvalue weighted by molar-refractivity contribution is 6.37. The van der Waals surface area contributed by atoms with E-state index in [2.05, 4.69) is 9.47 Å². The first-order chi connectivity index (χ1) is 15.9. The van der Waals surface area contributed by atoms with Crippen molar-refractivity contribution in [2.75, 3.05) is 19.1 Å². The Kier molecular flexibility index (Phi) is 9.97. The number of hydrogen-bond acceptors (Lipinski definition) is 5. The largest absolute Gasteiger partial charge is 0.490 e. The lowest BCUT2D eigenvalue weighted by atomic mass is 9.78. The SMILES string of the molecule is CCOC(=O)CC(=O)C(F)(F)Oc1ccc(C(C)(C)c2cc(Cl)c(OCCCCl)c(Cl)c2)cc1. The number of carbonyl (C=O) groups is 2. The number of halogens is 5. The molecular weight excluding hydrogens is 513 g/mol. The molecule has 0 amide bonds. The number of alkyl halides is 3. The highest BCUT2D eigenvalue weighted by Gasteiger charge is 2.43. The second-order valence-electron chi connectivity index (χ2n) is 7.83. The molecule has 0 heterocycles. The number of Topliss-reactive ketones (excluding diaryl/α,β-unsaturated/α-hetero) is 1. The van der Waals surface area contributed by atoms with Gasteiger partial charge in [-0.05, 0) is 48.7 Å². The summed E-state index contributed by atoms with van der Waals surface area (Å²) >= 11 is 18.4. The number of ether oxygens (including phenoxy) is 3. The van der Waals surface area contributed by atoms with E-state index in [1.54, 1.807) is 24.3 Å². The van der Waals surface area contributed by atoms with Gasteiger partial charge in [-0.25, -0.2) is 0 Å². The molecule has 10 heteroatoms. The van der Waals surface area contributed by atoms with Crippen molar-refractivity contribution < 1.29 is 32.6 Å². The Morgan fingerprint density at radius 1 is 1.00 bits per heavy atom. The van der Waals surface area contributed by atoms with Crippen LogP contribution in [0.2, 0.25) is 10.0 Å². The maximum Gasteiger partial charge on any atom is 0.461 e. The minimum atomic E-state index is -4.18. The van der Waals surface area contributed by atoms with Gasteiger partial charge in [0, 0.05) is 11.3 Å². The van der Waals surface area contributed by atoms with Crippen LogP contribution in [0.1, 0.15) is 44.7 Å². The predicted octanol–water partition coefficient (Wildman–Crippen LogP) is 6.82. The summed E-state index contributed by atoms with van der Waals surface area (Å²) in [6, 6.07) is 9.28. The van der Waals surface area contributed by atoms with Gasteiger partial charge in [-0.15, -0.1) is 11.6 Å². The molecule has 0 fully saturated rings. The summed E-state index contributed by atoms with van der Waals surface area (Å²) < 4.78 is 42.9. The van der Waals surface area contributed by atoms with E-state index in [4.69, 9.17) is 39.5 Å². The summed E-state index contributed by atoms with van der Waals surface area (Å²) in [4.78, 5) is 23.0. The minimum absolute atomic E-state index is 0.0179. The summed E-state index contributed by atoms with van der Waals surface area (Å²) in [6.45, 7) is 5.69. The van der Waals surface area contributed by atoms with Gasteiger partial charge in [-0.1, -0.05) is 49.2 Å². The molecule has 186 valence electrons. The van der Waals surface area contributed by atoms with Gasteiger partial charge in [0.2, 0.25) is 0 Å². The van der Waals surface area contributed by atoms with E-state index in [0.717, 1.165) is 11.1 Å². The first-order valence-electron chi connectivity index (χ1n) is 10.5. The first-order valence-corrected chi connectivity index (χ1v) is 11.8. The molecule has 0 aromatic heterocycles. The summed E-state index contributed by atoms with van der Waals surface area (Å²) in [7, 11) is 0. The van der Waals surface area contributed by atoms with Gasteiger partial charge in [0.25, 0.3) is 5.78 Å². The first kappa shape index (κ1) is 28.1. The summed E-state index contributed by atoms with van der Waals surface area (Å²) in [6.07, 6.45) is -4.62. The summed E-state index contributed by atoms with van der Waals surface area (Å²) in [5, 5.41) is 0.676. The average molecular weight is 538 g/mol. The van der Waals surface area contributed by atoms with E-state index in [1.807, 2.05) is 13.8 Å². The third-order valence-corrected chi connectivity index (χ3v) is 5.83. The van der Waals surface area contributed by atoms with E-state index in [9.17, 15) is 18.4 Å². The number of hydrogen-bond donors (Lipinski definition) is 0. The van der Waals surface area contributed by atoms with Crippen molar-refractivity contribution in [3.05, 3.63) is 57.6 Å². The van der Waals surface area contributed by atoms with Gasteiger partial charge in [-0.2, -0.15) is 8.78 Å². The van der Waals surface area contributed by atoms with Crippen molar-refractivity contribution >= 4 is 46.6 Å². The Hall–Kier alpha value is -2.09. The van der Waals surface area contributed by atoms with E-state index >= 15 is 0 Å². The zero-order chi connectivity index (χ0) is 25.5. The van der Waals surface area contributed by atoms with Gasteiger partial charge >= 0.3 is 12.1 Å². The van der Waals surface area contributed by atoms with Crippen LogP contribution in [0.15, 0.2) is 36.4 Å². The third kappa shape index (κ3) is 7.20. The molecule has 2 rings (SSSR count). The van der Waals surface area contributed by atoms with Crippen LogP contribution in [-0.4, -0.2) is 37.0 Å². The topological polar surface area (TPSA) is 61.8 Å². The second-order valence-corrected chi connectivity index (χ2v) is 9.03. The number of ketones is 1. The van der Waals surface area contributed by atoms with Gasteiger partial charge in [0.15, 0.2) is 5.75 Å². The molecule has 0 atom stereocenters. The lowest BCUT2D eigenvalue weighted by Gasteiger charge is -2.27. The molecule has 0 N–H and O–H groups in total. The number of benzene rings is 2. The molecule has 0 bridgehead atoms. The van der Waals surface area contributed by atoms with Gasteiger partial charge in [0.1, 0.15) is 12.2 Å². The Labute approximate surface area is 212 Å². The van der Waals surface area contributed by atoms with Crippen LogP contribution in [0.5, 0.6) is 11.5 Å². The van der Waals surface area contributed by atoms with Gasteiger partial charge in [0.05, 0.1) is 23.3 Å². The lowest BCUT2D eigenvalue weighted by Crippen LogP contribution is -2.36. The molecule has 0 radical (unpaired) electrons. The van der Waals surface area contributed by atoms with Crippen LogP contribution in [0.3, 0.4) is 0 Å². The molecule has 0 saturated carbocycles. The smallest absolute Gasteiger partial charge is 0.461 e. The number of rotatable bonds is 12. The zero-order valence-corrected chi connectivity index (χ0v) is 21.2. The fourth-order valence-corrected chi connectivity index (χ4v) is 3.75. The molecule has 0 aliphatic heterocycles. The monoisotopic (exact) mass is 536 g/mol. The van der Waals surface area contributed by atoms with Crippen LogP contribution in [0.4, 0.5) is 8.78 Å². The quantitative estimate of drug-likeness (QED) is 0.129. The van der Waals surface area contributed by atoms with Crippen molar-refractivity contribution in [1.29, 1.82) is 0 Å². The Morgan fingerprint density at radius 3 is 2.12 bits per heavy atom. The second kappa shape index (κ2) is 12.0. The minimum Gasteiger partial charge on any atom is -0.490 e. The molecule has 34 heavy (non-hydrogen) atoms. The Morgan fingerprint density at radius 2 is 1.59 bits per heavy atom. The average Bonchev–Trinajstić information content (AvgIpc) is 2.75.